The first-order valence-corrected chi connectivity index (χ1v) is 12.8. The molecule has 0 unspecified atom stereocenters. The number of unbranched alkanes of at least 4 members (excludes halogenated alkanes) is 13. The number of nitrogens with zero attached hydrogens (tertiary/aromatic N) is 3. The van der Waals surface area contributed by atoms with Gasteiger partial charge in [0.15, 0.2) is 0 Å². The predicted molar refractivity (Wildman–Crippen MR) is 134 cm³/mol. The molecule has 0 aliphatic heterocycles. The molecule has 0 fully saturated rings. The van der Waals surface area contributed by atoms with Gasteiger partial charge in [-0.3, -0.25) is 9.59 Å². The zero-order chi connectivity index (χ0) is 22.8. The molecule has 1 aliphatic rings. The van der Waals surface area contributed by atoms with Gasteiger partial charge in [0, 0.05) is 11.1 Å². The molecule has 0 bridgehead atoms. The second kappa shape index (κ2) is 14.3. The lowest BCUT2D eigenvalue weighted by atomic mass is 9.90. The monoisotopic (exact) mass is 474 g/mol. The molecule has 6 heteroatoms. The minimum Gasteiger partial charge on any atom is -0.284 e. The van der Waals surface area contributed by atoms with Gasteiger partial charge in [-0.05, 0) is 12.8 Å². The Morgan fingerprint density at radius 3 is 1.70 bits per heavy atom. The summed E-state index contributed by atoms with van der Waals surface area (Å²) in [4.78, 5) is 25.9. The van der Waals surface area contributed by atoms with Crippen LogP contribution in [0, 0.1) is 0 Å². The highest BCUT2D eigenvalue weighted by molar-refractivity contribution is 6.26. The molecule has 0 spiro atoms. The predicted octanol–water partition coefficient (Wildman–Crippen LogP) is 6.39. The topological polar surface area (TPSA) is 55.8 Å². The van der Waals surface area contributed by atoms with Gasteiger partial charge in [0.25, 0.3) is 0 Å². The molecule has 0 N–H and O–H groups in total. The molecule has 1 aromatic carbocycles. The van der Waals surface area contributed by atoms with E-state index >= 15 is 0 Å². The average molecular weight is 475 g/mol. The van der Waals surface area contributed by atoms with Crippen LogP contribution in [-0.4, -0.2) is 21.5 Å². The molecule has 182 valence electrons. The van der Waals surface area contributed by atoms with Crippen molar-refractivity contribution in [2.75, 3.05) is 0 Å². The molecular weight excluding hydrogens is 434 g/mol. The van der Waals surface area contributed by atoms with E-state index in [0.29, 0.717) is 29.1 Å². The van der Waals surface area contributed by atoms with Crippen LogP contribution < -0.4 is 4.68 Å². The maximum atomic E-state index is 13.0. The smallest absolute Gasteiger partial charge is 0.249 e. The third-order valence-electron chi connectivity index (χ3n) is 6.62. The number of aromatic nitrogens is 3. The summed E-state index contributed by atoms with van der Waals surface area (Å²) in [6.45, 7) is 2.95. The van der Waals surface area contributed by atoms with Crippen LogP contribution in [0.15, 0.2) is 24.3 Å². The summed E-state index contributed by atoms with van der Waals surface area (Å²) in [6.07, 6.45) is 18.4. The van der Waals surface area contributed by atoms with Crippen molar-refractivity contribution in [2.24, 2.45) is 7.05 Å². The molecule has 0 atom stereocenters. The number of carbonyl (C=O) groups excluding carboxylic acids is 2. The number of hydrogen-bond donors (Lipinski definition) is 0. The highest BCUT2D eigenvalue weighted by atomic mass is 35.5. The van der Waals surface area contributed by atoms with Gasteiger partial charge >= 0.3 is 0 Å². The second-order valence-electron chi connectivity index (χ2n) is 9.23. The van der Waals surface area contributed by atoms with Crippen molar-refractivity contribution in [1.82, 2.24) is 9.90 Å². The third-order valence-corrected chi connectivity index (χ3v) is 6.62. The summed E-state index contributed by atoms with van der Waals surface area (Å²) in [6, 6.07) is 7.07. The molecule has 1 aromatic heterocycles. The van der Waals surface area contributed by atoms with Crippen LogP contribution in [0.25, 0.3) is 0 Å². The fourth-order valence-corrected chi connectivity index (χ4v) is 4.75. The minimum absolute atomic E-state index is 0. The van der Waals surface area contributed by atoms with Crippen molar-refractivity contribution >= 4 is 24.0 Å². The van der Waals surface area contributed by atoms with Gasteiger partial charge in [-0.15, -0.1) is 21.8 Å². The minimum atomic E-state index is -0.107. The molecule has 0 saturated heterocycles. The Morgan fingerprint density at radius 2 is 1.18 bits per heavy atom. The molecule has 0 radical (unpaired) electrons. The standard InChI is InChI=1S/C27H40N3O2.ClH/c1-3-4-5-6-7-8-9-10-11-12-13-14-15-18-21-30-25-24(29(2)28-30)26(31)22-19-16-17-20-23(22)27(25)32;/h16-17,19-20H,3-15,18,21H2,1-2H3;1H/q+1;. The van der Waals surface area contributed by atoms with Gasteiger partial charge in [0.1, 0.15) is 13.6 Å². The van der Waals surface area contributed by atoms with Crippen LogP contribution in [0.4, 0.5) is 0 Å². The first-order valence-electron chi connectivity index (χ1n) is 12.8. The number of ketones is 2. The first kappa shape index (κ1) is 27.2. The lowest BCUT2D eigenvalue weighted by Gasteiger charge is -2.11. The normalized spacial score (nSPS) is 12.4. The van der Waals surface area contributed by atoms with Gasteiger partial charge in [-0.25, -0.2) is 0 Å². The van der Waals surface area contributed by atoms with Crippen LogP contribution in [0.1, 0.15) is 129 Å². The van der Waals surface area contributed by atoms with Gasteiger partial charge in [0.05, 0.1) is 5.21 Å². The lowest BCUT2D eigenvalue weighted by molar-refractivity contribution is -0.733. The summed E-state index contributed by atoms with van der Waals surface area (Å²) in [7, 11) is 1.75. The maximum absolute atomic E-state index is 13.0. The quantitative estimate of drug-likeness (QED) is 0.189. The van der Waals surface area contributed by atoms with Crippen LogP contribution in [0.5, 0.6) is 0 Å². The van der Waals surface area contributed by atoms with Crippen LogP contribution in [0.2, 0.25) is 0 Å². The van der Waals surface area contributed by atoms with Crippen molar-refractivity contribution in [1.29, 1.82) is 0 Å². The maximum Gasteiger partial charge on any atom is 0.249 e. The van der Waals surface area contributed by atoms with Gasteiger partial charge in [0.2, 0.25) is 23.0 Å². The van der Waals surface area contributed by atoms with Crippen molar-refractivity contribution in [3.05, 3.63) is 46.8 Å². The highest BCUT2D eigenvalue weighted by Gasteiger charge is 2.41. The number of benzene rings is 1. The Labute approximate surface area is 205 Å². The zero-order valence-electron chi connectivity index (χ0n) is 20.5. The Bertz CT molecular complexity index is 907. The number of aryl methyl sites for hydroxylation is 2. The van der Waals surface area contributed by atoms with E-state index in [1.165, 1.54) is 77.0 Å². The van der Waals surface area contributed by atoms with E-state index in [4.69, 9.17) is 0 Å². The lowest BCUT2D eigenvalue weighted by Crippen LogP contribution is -2.39. The van der Waals surface area contributed by atoms with E-state index in [1.807, 2.05) is 6.07 Å². The number of carbonyl (C=O) groups is 2. The molecule has 33 heavy (non-hydrogen) atoms. The van der Waals surface area contributed by atoms with Crippen molar-refractivity contribution in [3.63, 3.8) is 0 Å². The van der Waals surface area contributed by atoms with E-state index in [2.05, 4.69) is 12.1 Å². The molecule has 3 rings (SSSR count). The highest BCUT2D eigenvalue weighted by Crippen LogP contribution is 2.25. The van der Waals surface area contributed by atoms with Crippen molar-refractivity contribution in [3.8, 4) is 0 Å². The summed E-state index contributed by atoms with van der Waals surface area (Å²) in [5.41, 5.74) is 1.84. The van der Waals surface area contributed by atoms with E-state index < -0.39 is 0 Å². The van der Waals surface area contributed by atoms with E-state index in [1.54, 1.807) is 34.6 Å². The summed E-state index contributed by atoms with van der Waals surface area (Å²) < 4.78 is 3.31. The number of hydrogen-bond acceptors (Lipinski definition) is 3. The van der Waals surface area contributed by atoms with Crippen LogP contribution in [-0.2, 0) is 13.6 Å². The molecule has 1 heterocycles. The fraction of sp³-hybridized carbons (Fsp3) is 0.630. The van der Waals surface area contributed by atoms with Gasteiger partial charge < -0.3 is 0 Å². The van der Waals surface area contributed by atoms with E-state index in [0.717, 1.165) is 12.8 Å². The molecular formula is C27H41ClN3O2+. The van der Waals surface area contributed by atoms with Crippen LogP contribution >= 0.6 is 12.4 Å². The third kappa shape index (κ3) is 7.23. The Balaban J connectivity index is 0.00000385. The number of rotatable bonds is 15. The van der Waals surface area contributed by atoms with E-state index in [9.17, 15) is 9.59 Å². The number of halogens is 1. The van der Waals surface area contributed by atoms with Crippen molar-refractivity contribution in [2.45, 2.75) is 103 Å². The second-order valence-corrected chi connectivity index (χ2v) is 9.23. The first-order chi connectivity index (χ1) is 15.6. The SMILES string of the molecule is CCCCCCCCCCCCCCCCn1n[n+](C)c2c1C(=O)c1ccccc1C2=O.Cl. The summed E-state index contributed by atoms with van der Waals surface area (Å²) >= 11 is 0. The number of fused-ring (bicyclic) bond motifs is 2. The van der Waals surface area contributed by atoms with Gasteiger partial charge in [-0.1, -0.05) is 108 Å². The molecule has 2 aromatic rings. The summed E-state index contributed by atoms with van der Waals surface area (Å²) in [5.74, 6) is -0.196. The van der Waals surface area contributed by atoms with Crippen molar-refractivity contribution < 1.29 is 14.3 Å². The molecule has 0 saturated carbocycles. The Kier molecular flexibility index (Phi) is 11.8. The zero-order valence-corrected chi connectivity index (χ0v) is 21.3. The van der Waals surface area contributed by atoms with Gasteiger partial charge in [-0.2, -0.15) is 0 Å². The Hall–Kier alpha value is -2.01. The van der Waals surface area contributed by atoms with Crippen LogP contribution in [0.3, 0.4) is 0 Å². The average Bonchev–Trinajstić information content (AvgIpc) is 3.14. The van der Waals surface area contributed by atoms with E-state index in [-0.39, 0.29) is 24.0 Å². The fourth-order valence-electron chi connectivity index (χ4n) is 4.75. The Morgan fingerprint density at radius 1 is 0.727 bits per heavy atom. The largest absolute Gasteiger partial charge is 0.284 e. The molecule has 0 amide bonds. The molecule has 1 aliphatic carbocycles. The molecule has 5 nitrogen and oxygen atoms in total. The summed E-state index contributed by atoms with van der Waals surface area (Å²) in [5, 5.41) is 4.47.